The maximum atomic E-state index is 10.5. The molecule has 2 unspecified atom stereocenters. The van der Waals surface area contributed by atoms with Crippen molar-refractivity contribution >= 4 is 0 Å². The molecule has 6 rings (SSSR count). The van der Waals surface area contributed by atoms with Gasteiger partial charge in [-0.25, -0.2) is 0 Å². The number of nitrogens with two attached hydrogens (primary N) is 1. The van der Waals surface area contributed by atoms with E-state index in [1.807, 2.05) is 48.5 Å². The number of aliphatic hydroxyl groups excluding tert-OH is 1. The van der Waals surface area contributed by atoms with E-state index in [4.69, 9.17) is 28.4 Å². The molecule has 0 bridgehead atoms. The van der Waals surface area contributed by atoms with E-state index in [0.29, 0.717) is 24.7 Å². The van der Waals surface area contributed by atoms with Crippen LogP contribution in [0.15, 0.2) is 97.1 Å². The standard InChI is InChI=1S/C39H44O7.CH5N/c1-38(2,29-9-17-34(18-10-29)43-23-36-25-45-36)27-5-13-32(14-6-27)41-21-31(40)22-42-33-15-7-28(8-16-33)39(3,4)30-11-19-35(20-12-30)44-24-37-26-46-37;1-2/h5-20,31,36-37,40H,21-26H2,1-4H3;2H2,1H3. The van der Waals surface area contributed by atoms with Crippen LogP contribution in [-0.4, -0.2) is 70.1 Å². The highest BCUT2D eigenvalue weighted by Gasteiger charge is 2.26. The SMILES string of the molecule is CC(C)(c1ccc(OCC(O)COc2ccc(C(C)(C)c3ccc(OCC4CO4)cc3)cc2)cc1)c1ccc(OCC2CO2)cc1.CN. The van der Waals surface area contributed by atoms with Crippen LogP contribution in [0, 0.1) is 0 Å². The van der Waals surface area contributed by atoms with Gasteiger partial charge in [-0.2, -0.15) is 0 Å². The summed E-state index contributed by atoms with van der Waals surface area (Å²) >= 11 is 0. The van der Waals surface area contributed by atoms with Gasteiger partial charge in [-0.3, -0.25) is 0 Å². The van der Waals surface area contributed by atoms with Crippen molar-refractivity contribution in [3.05, 3.63) is 119 Å². The number of benzene rings is 4. The summed E-state index contributed by atoms with van der Waals surface area (Å²) in [6.07, 6.45) is -0.289. The molecule has 2 saturated heterocycles. The van der Waals surface area contributed by atoms with Crippen molar-refractivity contribution in [3.63, 3.8) is 0 Å². The van der Waals surface area contributed by atoms with Crippen LogP contribution in [0.2, 0.25) is 0 Å². The second-order valence-electron chi connectivity index (χ2n) is 13.2. The van der Waals surface area contributed by atoms with Gasteiger partial charge in [-0.05, 0) is 77.8 Å². The van der Waals surface area contributed by atoms with E-state index >= 15 is 0 Å². The minimum absolute atomic E-state index is 0.134. The first-order valence-corrected chi connectivity index (χ1v) is 16.6. The zero-order chi connectivity index (χ0) is 34.1. The lowest BCUT2D eigenvalue weighted by Crippen LogP contribution is -2.25. The Hall–Kier alpha value is -4.08. The van der Waals surface area contributed by atoms with Gasteiger partial charge >= 0.3 is 0 Å². The van der Waals surface area contributed by atoms with E-state index in [0.717, 1.165) is 24.7 Å². The maximum absolute atomic E-state index is 10.5. The third kappa shape index (κ3) is 9.51. The third-order valence-electron chi connectivity index (χ3n) is 8.87. The second-order valence-corrected chi connectivity index (χ2v) is 13.2. The lowest BCUT2D eigenvalue weighted by molar-refractivity contribution is 0.0626. The average molecular weight is 656 g/mol. The first kappa shape index (κ1) is 35.2. The van der Waals surface area contributed by atoms with Gasteiger partial charge in [0.25, 0.3) is 0 Å². The molecule has 2 fully saturated rings. The summed E-state index contributed by atoms with van der Waals surface area (Å²) < 4.78 is 33.7. The number of epoxide rings is 2. The van der Waals surface area contributed by atoms with Crippen LogP contribution in [0.25, 0.3) is 0 Å². The van der Waals surface area contributed by atoms with Crippen molar-refractivity contribution in [1.82, 2.24) is 0 Å². The maximum Gasteiger partial charge on any atom is 0.122 e. The molecule has 2 atom stereocenters. The van der Waals surface area contributed by atoms with Gasteiger partial charge in [0.15, 0.2) is 0 Å². The van der Waals surface area contributed by atoms with E-state index < -0.39 is 6.10 Å². The highest BCUT2D eigenvalue weighted by Crippen LogP contribution is 2.35. The van der Waals surface area contributed by atoms with Crippen molar-refractivity contribution in [3.8, 4) is 23.0 Å². The summed E-state index contributed by atoms with van der Waals surface area (Å²) in [5.41, 5.74) is 8.83. The smallest absolute Gasteiger partial charge is 0.122 e. The molecule has 48 heavy (non-hydrogen) atoms. The van der Waals surface area contributed by atoms with Crippen molar-refractivity contribution < 1.29 is 33.5 Å². The molecule has 0 radical (unpaired) electrons. The highest BCUT2D eigenvalue weighted by atomic mass is 16.6. The molecule has 2 heterocycles. The molecule has 4 aromatic rings. The van der Waals surface area contributed by atoms with Gasteiger partial charge in [0, 0.05) is 10.8 Å². The van der Waals surface area contributed by atoms with Crippen molar-refractivity contribution in [2.24, 2.45) is 5.73 Å². The summed E-state index contributed by atoms with van der Waals surface area (Å²) in [5.74, 6) is 3.11. The molecule has 4 aromatic carbocycles. The fourth-order valence-electron chi connectivity index (χ4n) is 5.34. The van der Waals surface area contributed by atoms with Crippen LogP contribution in [-0.2, 0) is 20.3 Å². The molecule has 0 spiro atoms. The van der Waals surface area contributed by atoms with Crippen LogP contribution in [0.5, 0.6) is 23.0 Å². The van der Waals surface area contributed by atoms with Crippen LogP contribution in [0.4, 0.5) is 0 Å². The van der Waals surface area contributed by atoms with Crippen LogP contribution >= 0.6 is 0 Å². The molecule has 256 valence electrons. The number of hydrogen-bond acceptors (Lipinski definition) is 8. The van der Waals surface area contributed by atoms with E-state index in [2.05, 4.69) is 82.0 Å². The van der Waals surface area contributed by atoms with Gasteiger partial charge in [0.05, 0.1) is 13.2 Å². The Labute approximate surface area is 284 Å². The van der Waals surface area contributed by atoms with Crippen LogP contribution < -0.4 is 24.7 Å². The fourth-order valence-corrected chi connectivity index (χ4v) is 5.34. The molecule has 2 aliphatic rings. The molecule has 0 aliphatic carbocycles. The van der Waals surface area contributed by atoms with Crippen molar-refractivity contribution in [2.75, 3.05) is 46.7 Å². The molecular weight excluding hydrogens is 606 g/mol. The molecule has 3 N–H and O–H groups in total. The van der Waals surface area contributed by atoms with E-state index in [1.54, 1.807) is 0 Å². The van der Waals surface area contributed by atoms with Crippen molar-refractivity contribution in [2.45, 2.75) is 56.8 Å². The Bertz CT molecular complexity index is 1420. The minimum Gasteiger partial charge on any atom is -0.491 e. The third-order valence-corrected chi connectivity index (χ3v) is 8.87. The Balaban J connectivity index is 0.00000221. The van der Waals surface area contributed by atoms with Gasteiger partial charge in [0.1, 0.15) is 67.7 Å². The molecule has 8 nitrogen and oxygen atoms in total. The highest BCUT2D eigenvalue weighted by molar-refractivity contribution is 5.43. The monoisotopic (exact) mass is 655 g/mol. The fraction of sp³-hybridized carbons (Fsp3) is 0.400. The van der Waals surface area contributed by atoms with Gasteiger partial charge in [-0.15, -0.1) is 0 Å². The lowest BCUT2D eigenvalue weighted by Gasteiger charge is -2.26. The molecular formula is C40H49NO7. The van der Waals surface area contributed by atoms with E-state index in [9.17, 15) is 5.11 Å². The van der Waals surface area contributed by atoms with Gasteiger partial charge < -0.3 is 39.3 Å². The largest absolute Gasteiger partial charge is 0.491 e. The normalized spacial score (nSPS) is 17.4. The summed E-state index contributed by atoms with van der Waals surface area (Å²) in [5, 5.41) is 10.5. The van der Waals surface area contributed by atoms with Crippen LogP contribution in [0.3, 0.4) is 0 Å². The Kier molecular flexibility index (Phi) is 11.7. The van der Waals surface area contributed by atoms with Gasteiger partial charge in [0.2, 0.25) is 0 Å². The summed E-state index contributed by atoms with van der Waals surface area (Å²) in [6, 6.07) is 32.6. The topological polar surface area (TPSA) is 108 Å². The molecule has 0 saturated carbocycles. The zero-order valence-corrected chi connectivity index (χ0v) is 28.7. The first-order chi connectivity index (χ1) is 23.2. The predicted octanol–water partition coefficient (Wildman–Crippen LogP) is 6.29. The molecule has 0 amide bonds. The van der Waals surface area contributed by atoms with E-state index in [-0.39, 0.29) is 36.3 Å². The molecule has 8 heteroatoms. The number of aliphatic hydroxyl groups is 1. The van der Waals surface area contributed by atoms with Crippen molar-refractivity contribution in [1.29, 1.82) is 0 Å². The summed E-state index contributed by atoms with van der Waals surface area (Å²) in [4.78, 5) is 0. The molecule has 2 aliphatic heterocycles. The number of hydrogen-bond donors (Lipinski definition) is 2. The summed E-state index contributed by atoms with van der Waals surface area (Å²) in [6.45, 7) is 11.8. The minimum atomic E-state index is -0.772. The Morgan fingerprint density at radius 2 is 0.792 bits per heavy atom. The predicted molar refractivity (Wildman–Crippen MR) is 188 cm³/mol. The second kappa shape index (κ2) is 15.9. The summed E-state index contributed by atoms with van der Waals surface area (Å²) in [7, 11) is 1.50. The quantitative estimate of drug-likeness (QED) is 0.136. The zero-order valence-electron chi connectivity index (χ0n) is 28.7. The number of rotatable bonds is 16. The lowest BCUT2D eigenvalue weighted by atomic mass is 9.78. The van der Waals surface area contributed by atoms with Crippen LogP contribution in [0.1, 0.15) is 49.9 Å². The average Bonchev–Trinajstić information content (AvgIpc) is 4.06. The van der Waals surface area contributed by atoms with Gasteiger partial charge in [-0.1, -0.05) is 76.2 Å². The first-order valence-electron chi connectivity index (χ1n) is 16.6. The Morgan fingerprint density at radius 1 is 0.542 bits per heavy atom. The molecule has 0 aromatic heterocycles. The number of ether oxygens (including phenoxy) is 6. The Morgan fingerprint density at radius 3 is 1.04 bits per heavy atom. The van der Waals surface area contributed by atoms with E-state index in [1.165, 1.54) is 29.3 Å².